The first-order chi connectivity index (χ1) is 15.0. The van der Waals surface area contributed by atoms with Gasteiger partial charge in [-0.25, -0.2) is 0 Å². The predicted molar refractivity (Wildman–Crippen MR) is 129 cm³/mol. The van der Waals surface area contributed by atoms with Crippen molar-refractivity contribution in [3.8, 4) is 0 Å². The first-order valence-corrected chi connectivity index (χ1v) is 11.6. The van der Waals surface area contributed by atoms with Gasteiger partial charge >= 0.3 is 0 Å². The van der Waals surface area contributed by atoms with Crippen LogP contribution in [0.2, 0.25) is 0 Å². The summed E-state index contributed by atoms with van der Waals surface area (Å²) in [7, 11) is 2.06. The largest absolute Gasteiger partial charge is 0.353 e. The molecule has 1 N–H and O–H groups in total. The molecule has 6 heteroatoms. The molecule has 3 rings (SSSR count). The van der Waals surface area contributed by atoms with Crippen molar-refractivity contribution in [3.63, 3.8) is 0 Å². The molecular weight excluding hydrogens is 406 g/mol. The van der Waals surface area contributed by atoms with E-state index in [4.69, 9.17) is 0 Å². The smallest absolute Gasteiger partial charge is 0.265 e. The second-order valence-corrected chi connectivity index (χ2v) is 8.97. The van der Waals surface area contributed by atoms with Crippen molar-refractivity contribution in [1.82, 2.24) is 10.2 Å². The summed E-state index contributed by atoms with van der Waals surface area (Å²) in [6, 6.07) is 15.8. The zero-order valence-electron chi connectivity index (χ0n) is 18.6. The fourth-order valence-electron chi connectivity index (χ4n) is 3.36. The monoisotopic (exact) mass is 437 g/mol. The van der Waals surface area contributed by atoms with Crippen LogP contribution in [0.15, 0.2) is 58.3 Å². The second-order valence-electron chi connectivity index (χ2n) is 7.89. The molecule has 0 aliphatic carbocycles. The summed E-state index contributed by atoms with van der Waals surface area (Å²) in [5, 5.41) is 2.96. The zero-order chi connectivity index (χ0) is 22.2. The van der Waals surface area contributed by atoms with Crippen molar-refractivity contribution < 1.29 is 9.59 Å². The predicted octanol–water partition coefficient (Wildman–Crippen LogP) is 4.32. The minimum Gasteiger partial charge on any atom is -0.353 e. The third kappa shape index (κ3) is 6.45. The Balaban J connectivity index is 1.70. The van der Waals surface area contributed by atoms with E-state index in [1.807, 2.05) is 61.5 Å². The number of nitrogens with zero attached hydrogens (tertiary/aromatic N) is 2. The van der Waals surface area contributed by atoms with E-state index in [1.54, 1.807) is 4.90 Å². The molecule has 0 atom stereocenters. The Hall–Kier alpha value is -2.57. The van der Waals surface area contributed by atoms with Crippen LogP contribution in [0.3, 0.4) is 0 Å². The molecule has 2 amide bonds. The van der Waals surface area contributed by atoms with Crippen LogP contribution in [0.4, 0.5) is 5.69 Å². The number of hydrogen-bond acceptors (Lipinski definition) is 4. The number of carbonyl (C=O) groups is 2. The molecule has 1 aliphatic heterocycles. The molecule has 1 heterocycles. The summed E-state index contributed by atoms with van der Waals surface area (Å²) in [5.74, 6) is -0.284. The van der Waals surface area contributed by atoms with Crippen molar-refractivity contribution in [2.24, 2.45) is 0 Å². The number of hydrogen-bond donors (Lipinski definition) is 1. The van der Waals surface area contributed by atoms with Gasteiger partial charge in [-0.15, -0.1) is 0 Å². The number of likely N-dealkylation sites (N-methyl/N-ethyl adjacent to an activating group) is 1. The number of benzene rings is 2. The van der Waals surface area contributed by atoms with Crippen LogP contribution >= 0.6 is 11.8 Å². The standard InChI is InChI=1S/C25H31N3O2S/c1-4-5-15-27(3)16-14-26-24(29)18-28-21-8-6-7-9-22(21)31-23(25(28)30)17-20-12-10-19(2)11-13-20/h6-13,17H,4-5,14-16,18H2,1-3H3,(H,26,29). The molecule has 5 nitrogen and oxygen atoms in total. The molecule has 0 fully saturated rings. The van der Waals surface area contributed by atoms with Crippen molar-refractivity contribution in [3.05, 3.63) is 64.6 Å². The van der Waals surface area contributed by atoms with E-state index in [2.05, 4.69) is 24.2 Å². The van der Waals surface area contributed by atoms with E-state index in [9.17, 15) is 9.59 Å². The molecule has 0 aromatic heterocycles. The van der Waals surface area contributed by atoms with Gasteiger partial charge in [0.25, 0.3) is 5.91 Å². The van der Waals surface area contributed by atoms with E-state index in [0.717, 1.165) is 42.1 Å². The third-order valence-electron chi connectivity index (χ3n) is 5.22. The summed E-state index contributed by atoms with van der Waals surface area (Å²) in [4.78, 5) is 31.3. The Morgan fingerprint density at radius 1 is 1.13 bits per heavy atom. The molecule has 31 heavy (non-hydrogen) atoms. The normalized spacial score (nSPS) is 14.8. The molecule has 2 aromatic carbocycles. The molecule has 0 unspecified atom stereocenters. The van der Waals surface area contributed by atoms with Gasteiger partial charge in [0, 0.05) is 18.0 Å². The van der Waals surface area contributed by atoms with Crippen molar-refractivity contribution in [1.29, 1.82) is 0 Å². The number of unbranched alkanes of at least 4 members (excludes halogenated alkanes) is 1. The van der Waals surface area contributed by atoms with Crippen LogP contribution in [-0.4, -0.2) is 49.9 Å². The maximum Gasteiger partial charge on any atom is 0.265 e. The van der Waals surface area contributed by atoms with Crippen molar-refractivity contribution in [2.75, 3.05) is 38.1 Å². The Morgan fingerprint density at radius 3 is 2.61 bits per heavy atom. The summed E-state index contributed by atoms with van der Waals surface area (Å²) >= 11 is 1.46. The number of para-hydroxylation sites is 1. The van der Waals surface area contributed by atoms with E-state index in [-0.39, 0.29) is 18.4 Å². The van der Waals surface area contributed by atoms with Gasteiger partial charge in [-0.2, -0.15) is 0 Å². The first-order valence-electron chi connectivity index (χ1n) is 10.8. The van der Waals surface area contributed by atoms with Gasteiger partial charge in [-0.1, -0.05) is 67.1 Å². The van der Waals surface area contributed by atoms with Crippen molar-refractivity contribution in [2.45, 2.75) is 31.6 Å². The fourth-order valence-corrected chi connectivity index (χ4v) is 4.42. The topological polar surface area (TPSA) is 52.7 Å². The Morgan fingerprint density at radius 2 is 1.87 bits per heavy atom. The van der Waals surface area contributed by atoms with Crippen LogP contribution in [0.5, 0.6) is 0 Å². The maximum absolute atomic E-state index is 13.2. The van der Waals surface area contributed by atoms with E-state index >= 15 is 0 Å². The molecule has 0 spiro atoms. The highest BCUT2D eigenvalue weighted by atomic mass is 32.2. The third-order valence-corrected chi connectivity index (χ3v) is 6.30. The molecule has 1 aliphatic rings. The van der Waals surface area contributed by atoms with Gasteiger partial charge in [0.05, 0.1) is 10.6 Å². The second kappa shape index (κ2) is 11.2. The van der Waals surface area contributed by atoms with Gasteiger partial charge in [0.15, 0.2) is 0 Å². The minimum absolute atomic E-state index is 0.0142. The van der Waals surface area contributed by atoms with Gasteiger partial charge in [-0.05, 0) is 50.7 Å². The highest BCUT2D eigenvalue weighted by Gasteiger charge is 2.30. The number of amides is 2. The minimum atomic E-state index is -0.145. The number of aryl methyl sites for hydroxylation is 1. The number of rotatable bonds is 9. The average molecular weight is 438 g/mol. The molecular formula is C25H31N3O2S. The van der Waals surface area contributed by atoms with E-state index in [1.165, 1.54) is 17.3 Å². The summed E-state index contributed by atoms with van der Waals surface area (Å²) in [6.07, 6.45) is 4.21. The summed E-state index contributed by atoms with van der Waals surface area (Å²) < 4.78 is 0. The SMILES string of the molecule is CCCCN(C)CCNC(=O)CN1C(=O)C(=Cc2ccc(C)cc2)Sc2ccccc21. The van der Waals surface area contributed by atoms with Crippen LogP contribution in [-0.2, 0) is 9.59 Å². The molecule has 0 bridgehead atoms. The number of thioether (sulfide) groups is 1. The Labute approximate surface area is 189 Å². The maximum atomic E-state index is 13.2. The molecule has 0 saturated heterocycles. The van der Waals surface area contributed by atoms with Crippen LogP contribution < -0.4 is 10.2 Å². The van der Waals surface area contributed by atoms with Crippen LogP contribution in [0.1, 0.15) is 30.9 Å². The lowest BCUT2D eigenvalue weighted by Crippen LogP contribution is -2.44. The van der Waals surface area contributed by atoms with Gasteiger partial charge < -0.3 is 10.2 Å². The highest BCUT2D eigenvalue weighted by Crippen LogP contribution is 2.41. The number of fused-ring (bicyclic) bond motifs is 1. The van der Waals surface area contributed by atoms with E-state index < -0.39 is 0 Å². The lowest BCUT2D eigenvalue weighted by molar-refractivity contribution is -0.122. The van der Waals surface area contributed by atoms with Gasteiger partial charge in [-0.3, -0.25) is 14.5 Å². The van der Waals surface area contributed by atoms with Crippen LogP contribution in [0, 0.1) is 6.92 Å². The molecule has 0 radical (unpaired) electrons. The quantitative estimate of drug-likeness (QED) is 0.594. The molecule has 0 saturated carbocycles. The van der Waals surface area contributed by atoms with Crippen LogP contribution in [0.25, 0.3) is 6.08 Å². The number of nitrogens with one attached hydrogen (secondary N) is 1. The highest BCUT2D eigenvalue weighted by molar-refractivity contribution is 8.04. The van der Waals surface area contributed by atoms with Gasteiger partial charge in [0.1, 0.15) is 6.54 Å². The Kier molecular flexibility index (Phi) is 8.32. The number of carbonyl (C=O) groups excluding carboxylic acids is 2. The van der Waals surface area contributed by atoms with Gasteiger partial charge in [0.2, 0.25) is 5.91 Å². The fraction of sp³-hybridized carbons (Fsp3) is 0.360. The average Bonchev–Trinajstić information content (AvgIpc) is 2.76. The molecule has 2 aromatic rings. The summed E-state index contributed by atoms with van der Waals surface area (Å²) in [6.45, 7) is 6.61. The van der Waals surface area contributed by atoms with Crippen molar-refractivity contribution >= 4 is 35.3 Å². The lowest BCUT2D eigenvalue weighted by Gasteiger charge is -2.30. The summed E-state index contributed by atoms with van der Waals surface area (Å²) in [5.41, 5.74) is 2.93. The molecule has 164 valence electrons. The Bertz CT molecular complexity index is 940. The zero-order valence-corrected chi connectivity index (χ0v) is 19.4. The lowest BCUT2D eigenvalue weighted by atomic mass is 10.1. The first kappa shape index (κ1) is 23.1. The number of anilines is 1. The van der Waals surface area contributed by atoms with E-state index in [0.29, 0.717) is 11.4 Å².